The lowest BCUT2D eigenvalue weighted by atomic mass is 10.1. The van der Waals surface area contributed by atoms with Crippen LogP contribution in [-0.2, 0) is 14.3 Å². The monoisotopic (exact) mass is 534 g/mol. The predicted molar refractivity (Wildman–Crippen MR) is 126 cm³/mol. The van der Waals surface area contributed by atoms with E-state index in [1.54, 1.807) is 25.1 Å². The van der Waals surface area contributed by atoms with E-state index in [9.17, 15) is 14.9 Å². The number of hydrogen-bond donors (Lipinski definition) is 1. The molecule has 0 aromatic heterocycles. The number of anilines is 1. The van der Waals surface area contributed by atoms with Crippen molar-refractivity contribution in [1.82, 2.24) is 0 Å². The van der Waals surface area contributed by atoms with E-state index in [-0.39, 0.29) is 18.8 Å². The quantitative estimate of drug-likeness (QED) is 0.233. The molecule has 2 aromatic rings. The number of esters is 1. The highest BCUT2D eigenvalue weighted by Crippen LogP contribution is 2.34. The molecule has 2 rings (SSSR count). The van der Waals surface area contributed by atoms with E-state index in [1.165, 1.54) is 13.2 Å². The Kier molecular flexibility index (Phi) is 8.88. The third kappa shape index (κ3) is 6.46. The highest BCUT2D eigenvalue weighted by molar-refractivity contribution is 14.1. The van der Waals surface area contributed by atoms with E-state index in [4.69, 9.17) is 14.2 Å². The molecule has 0 fully saturated rings. The first-order valence-electron chi connectivity index (χ1n) is 9.46. The number of nitrogens with zero attached hydrogens (tertiary/aromatic N) is 1. The van der Waals surface area contributed by atoms with Crippen LogP contribution >= 0.6 is 22.6 Å². The predicted octanol–water partition coefficient (Wildman–Crippen LogP) is 4.40. The SMILES string of the molecule is CCOC(=O)COc1c(I)cc(/C=C(\C#N)C(=O)Nc2cccc(C)c2C)cc1OC. The number of aryl methyl sites for hydroxylation is 1. The third-order valence-corrected chi connectivity index (χ3v) is 5.22. The van der Waals surface area contributed by atoms with Gasteiger partial charge in [0.1, 0.15) is 11.6 Å². The maximum atomic E-state index is 12.6. The molecule has 0 unspecified atom stereocenters. The number of benzene rings is 2. The average Bonchev–Trinajstić information content (AvgIpc) is 2.74. The average molecular weight is 534 g/mol. The summed E-state index contributed by atoms with van der Waals surface area (Å²) >= 11 is 2.04. The van der Waals surface area contributed by atoms with Crippen LogP contribution in [0, 0.1) is 28.7 Å². The molecular formula is C23H23IN2O5. The summed E-state index contributed by atoms with van der Waals surface area (Å²) in [6.45, 7) is 5.58. The highest BCUT2D eigenvalue weighted by atomic mass is 127. The van der Waals surface area contributed by atoms with Gasteiger partial charge in [-0.25, -0.2) is 4.79 Å². The van der Waals surface area contributed by atoms with Crippen molar-refractivity contribution in [2.75, 3.05) is 25.6 Å². The maximum absolute atomic E-state index is 12.6. The molecule has 8 heteroatoms. The molecule has 2 aromatic carbocycles. The molecule has 7 nitrogen and oxygen atoms in total. The maximum Gasteiger partial charge on any atom is 0.344 e. The summed E-state index contributed by atoms with van der Waals surface area (Å²) < 4.78 is 16.4. The molecule has 1 N–H and O–H groups in total. The van der Waals surface area contributed by atoms with Gasteiger partial charge >= 0.3 is 5.97 Å². The second-order valence-corrected chi connectivity index (χ2v) is 7.66. The zero-order valence-electron chi connectivity index (χ0n) is 17.7. The van der Waals surface area contributed by atoms with Crippen molar-refractivity contribution < 1.29 is 23.8 Å². The Morgan fingerprint density at radius 2 is 2.00 bits per heavy atom. The Morgan fingerprint density at radius 3 is 2.65 bits per heavy atom. The summed E-state index contributed by atoms with van der Waals surface area (Å²) in [6.07, 6.45) is 1.47. The van der Waals surface area contributed by atoms with Crippen LogP contribution in [0.25, 0.3) is 6.08 Å². The van der Waals surface area contributed by atoms with Crippen molar-refractivity contribution in [3.8, 4) is 17.6 Å². The van der Waals surface area contributed by atoms with Gasteiger partial charge in [-0.15, -0.1) is 0 Å². The van der Waals surface area contributed by atoms with Crippen LogP contribution in [0.5, 0.6) is 11.5 Å². The van der Waals surface area contributed by atoms with Gasteiger partial charge in [0.2, 0.25) is 0 Å². The number of methoxy groups -OCH3 is 1. The molecule has 31 heavy (non-hydrogen) atoms. The van der Waals surface area contributed by atoms with Gasteiger partial charge in [0, 0.05) is 5.69 Å². The number of halogens is 1. The number of rotatable bonds is 8. The molecule has 0 aliphatic heterocycles. The smallest absolute Gasteiger partial charge is 0.344 e. The molecular weight excluding hydrogens is 511 g/mol. The fraction of sp³-hybridized carbons (Fsp3) is 0.261. The summed E-state index contributed by atoms with van der Waals surface area (Å²) in [5, 5.41) is 12.3. The van der Waals surface area contributed by atoms with Crippen LogP contribution in [0.2, 0.25) is 0 Å². The molecule has 0 aliphatic carbocycles. The zero-order valence-corrected chi connectivity index (χ0v) is 19.9. The first kappa shape index (κ1) is 24.2. The van der Waals surface area contributed by atoms with Gasteiger partial charge in [0.15, 0.2) is 18.1 Å². The van der Waals surface area contributed by atoms with E-state index in [2.05, 4.69) is 5.32 Å². The van der Waals surface area contributed by atoms with Crippen molar-refractivity contribution in [3.63, 3.8) is 0 Å². The first-order valence-corrected chi connectivity index (χ1v) is 10.5. The number of hydrogen-bond acceptors (Lipinski definition) is 6. The minimum absolute atomic E-state index is 0.0565. The summed E-state index contributed by atoms with van der Waals surface area (Å²) in [7, 11) is 1.47. The molecule has 0 radical (unpaired) electrons. The van der Waals surface area contributed by atoms with Crippen LogP contribution in [0.1, 0.15) is 23.6 Å². The van der Waals surface area contributed by atoms with Gasteiger partial charge in [-0.2, -0.15) is 5.26 Å². The van der Waals surface area contributed by atoms with E-state index in [0.29, 0.717) is 26.3 Å². The second kappa shape index (κ2) is 11.4. The highest BCUT2D eigenvalue weighted by Gasteiger charge is 2.16. The van der Waals surface area contributed by atoms with Crippen molar-refractivity contribution in [2.45, 2.75) is 20.8 Å². The lowest BCUT2D eigenvalue weighted by Gasteiger charge is -2.13. The molecule has 0 bridgehead atoms. The largest absolute Gasteiger partial charge is 0.493 e. The van der Waals surface area contributed by atoms with Crippen molar-refractivity contribution in [1.29, 1.82) is 5.26 Å². The summed E-state index contributed by atoms with van der Waals surface area (Å²) in [5.41, 5.74) is 3.16. The standard InChI is InChI=1S/C23H23IN2O5/c1-5-30-21(27)13-31-22-18(24)10-16(11-20(22)29-4)9-17(12-25)23(28)26-19-8-6-7-14(2)15(19)3/h6-11H,5,13H2,1-4H3,(H,26,28)/b17-9+. The zero-order chi connectivity index (χ0) is 23.0. The van der Waals surface area contributed by atoms with Gasteiger partial charge in [0.05, 0.1) is 17.3 Å². The Balaban J connectivity index is 2.28. The molecule has 0 aliphatic rings. The van der Waals surface area contributed by atoms with Crippen molar-refractivity contribution in [2.24, 2.45) is 0 Å². The fourth-order valence-corrected chi connectivity index (χ4v) is 3.47. The molecule has 0 spiro atoms. The van der Waals surface area contributed by atoms with E-state index in [0.717, 1.165) is 11.1 Å². The summed E-state index contributed by atoms with van der Waals surface area (Å²) in [4.78, 5) is 24.2. The second-order valence-electron chi connectivity index (χ2n) is 6.50. The van der Waals surface area contributed by atoms with E-state index >= 15 is 0 Å². The molecule has 0 atom stereocenters. The molecule has 1 amide bonds. The van der Waals surface area contributed by atoms with Crippen molar-refractivity contribution >= 4 is 46.2 Å². The lowest BCUT2D eigenvalue weighted by Crippen LogP contribution is -2.15. The van der Waals surface area contributed by atoms with Gasteiger partial charge < -0.3 is 19.5 Å². The van der Waals surface area contributed by atoms with Crippen LogP contribution < -0.4 is 14.8 Å². The molecule has 0 heterocycles. The number of nitrogens with one attached hydrogen (secondary N) is 1. The summed E-state index contributed by atoms with van der Waals surface area (Å²) in [6, 6.07) is 10.9. The summed E-state index contributed by atoms with van der Waals surface area (Å²) in [5.74, 6) is -0.242. The normalized spacial score (nSPS) is 10.8. The Morgan fingerprint density at radius 1 is 1.26 bits per heavy atom. The first-order chi connectivity index (χ1) is 14.8. The Hall–Kier alpha value is -3.06. The van der Waals surface area contributed by atoms with Gasteiger partial charge in [-0.05, 0) is 84.3 Å². The Labute approximate surface area is 195 Å². The van der Waals surface area contributed by atoms with Crippen molar-refractivity contribution in [3.05, 3.63) is 56.2 Å². The number of ether oxygens (including phenoxy) is 3. The van der Waals surface area contributed by atoms with Gasteiger partial charge in [-0.3, -0.25) is 4.79 Å². The molecule has 0 saturated carbocycles. The van der Waals surface area contributed by atoms with Crippen LogP contribution in [0.4, 0.5) is 5.69 Å². The lowest BCUT2D eigenvalue weighted by molar-refractivity contribution is -0.145. The van der Waals surface area contributed by atoms with Crippen LogP contribution in [-0.4, -0.2) is 32.2 Å². The van der Waals surface area contributed by atoms with Crippen LogP contribution in [0.15, 0.2) is 35.9 Å². The molecule has 162 valence electrons. The molecule has 0 saturated heterocycles. The van der Waals surface area contributed by atoms with E-state index in [1.807, 2.05) is 54.6 Å². The van der Waals surface area contributed by atoms with Gasteiger partial charge in [0.25, 0.3) is 5.91 Å². The fourth-order valence-electron chi connectivity index (χ4n) is 2.69. The Bertz CT molecular complexity index is 1060. The minimum Gasteiger partial charge on any atom is -0.493 e. The van der Waals surface area contributed by atoms with E-state index < -0.39 is 11.9 Å². The minimum atomic E-state index is -0.507. The number of carbonyl (C=O) groups is 2. The van der Waals surface area contributed by atoms with Crippen LogP contribution in [0.3, 0.4) is 0 Å². The third-order valence-electron chi connectivity index (χ3n) is 4.42. The topological polar surface area (TPSA) is 97.7 Å². The van der Waals surface area contributed by atoms with Gasteiger partial charge in [-0.1, -0.05) is 12.1 Å². The number of nitriles is 1. The number of amides is 1. The number of carbonyl (C=O) groups excluding carboxylic acids is 2.